The molecule has 12 heteroatoms. The number of nitro groups is 1. The quantitative estimate of drug-likeness (QED) is 0.157. The zero-order valence-corrected chi connectivity index (χ0v) is 20.6. The van der Waals surface area contributed by atoms with Crippen molar-refractivity contribution in [3.63, 3.8) is 0 Å². The van der Waals surface area contributed by atoms with E-state index in [4.69, 9.17) is 15.2 Å². The van der Waals surface area contributed by atoms with Gasteiger partial charge in [-0.2, -0.15) is 0 Å². The Morgan fingerprint density at radius 1 is 0.650 bits per heavy atom. The molecule has 0 aliphatic heterocycles. The number of pyridine rings is 4. The topological polar surface area (TPSA) is 179 Å². The van der Waals surface area contributed by atoms with Gasteiger partial charge in [0.25, 0.3) is 5.69 Å². The largest absolute Gasteiger partial charge is 0.457 e. The normalized spacial score (nSPS) is 10.5. The Morgan fingerprint density at radius 2 is 1.10 bits per heavy atom. The Morgan fingerprint density at radius 3 is 1.55 bits per heavy atom. The molecule has 6 aromatic rings. The van der Waals surface area contributed by atoms with Gasteiger partial charge in [-0.3, -0.25) is 19.7 Å². The second-order valence-corrected chi connectivity index (χ2v) is 8.31. The average molecular weight is 537 g/mol. The molecule has 198 valence electrons. The third kappa shape index (κ3) is 5.92. The summed E-state index contributed by atoms with van der Waals surface area (Å²) in [6.45, 7) is 0. The lowest BCUT2D eigenvalue weighted by atomic mass is 10.2. The Kier molecular flexibility index (Phi) is 7.13. The number of nitrogens with two attached hydrogens (primary N) is 1. The standard InChI is InChI=1S/C14H9N3O4.C14H11N3O2/c18-13-6-5-11-12(7-8-15-14(11)16-13)21-10-3-1-9(2-4-10)17(19)20;15-9-1-3-10(4-2-9)19-12-7-8-16-14-11(12)5-6-13(18)17-14/h1-8H,(H,15,16,18);1-8H,15H2,(H,16,17,18). The monoisotopic (exact) mass is 536 g/mol. The van der Waals surface area contributed by atoms with Crippen molar-refractivity contribution in [3.8, 4) is 23.0 Å². The molecule has 0 unspecified atom stereocenters. The number of nitrogens with one attached hydrogen (secondary N) is 2. The number of rotatable bonds is 5. The summed E-state index contributed by atoms with van der Waals surface area (Å²) in [5.74, 6) is 2.27. The molecule has 0 saturated heterocycles. The summed E-state index contributed by atoms with van der Waals surface area (Å²) in [5, 5.41) is 12.0. The first kappa shape index (κ1) is 25.6. The number of anilines is 1. The van der Waals surface area contributed by atoms with Gasteiger partial charge in [0.1, 0.15) is 34.3 Å². The predicted octanol–water partition coefficient (Wildman–Crippen LogP) is 4.92. The van der Waals surface area contributed by atoms with Gasteiger partial charge in [-0.25, -0.2) is 9.97 Å². The van der Waals surface area contributed by atoms with Crippen LogP contribution < -0.4 is 26.3 Å². The van der Waals surface area contributed by atoms with Crippen LogP contribution in [0.4, 0.5) is 11.4 Å². The number of aromatic amines is 2. The number of nitrogens with zero attached hydrogens (tertiary/aromatic N) is 3. The van der Waals surface area contributed by atoms with Gasteiger partial charge >= 0.3 is 0 Å². The highest BCUT2D eigenvalue weighted by atomic mass is 16.6. The number of hydrogen-bond acceptors (Lipinski definition) is 9. The zero-order chi connectivity index (χ0) is 28.1. The fourth-order valence-corrected chi connectivity index (χ4v) is 3.67. The Bertz CT molecular complexity index is 1940. The minimum Gasteiger partial charge on any atom is -0.457 e. The summed E-state index contributed by atoms with van der Waals surface area (Å²) in [5.41, 5.74) is 6.77. The molecule has 0 saturated carbocycles. The van der Waals surface area contributed by atoms with Crippen molar-refractivity contribution < 1.29 is 14.4 Å². The Balaban J connectivity index is 0.000000162. The van der Waals surface area contributed by atoms with Crippen LogP contribution in [0.2, 0.25) is 0 Å². The Hall–Kier alpha value is -6.04. The second kappa shape index (κ2) is 11.1. The summed E-state index contributed by atoms with van der Waals surface area (Å²) in [6, 6.07) is 22.4. The van der Waals surface area contributed by atoms with Crippen LogP contribution in [-0.2, 0) is 0 Å². The van der Waals surface area contributed by atoms with Crippen LogP contribution in [0, 0.1) is 10.1 Å². The van der Waals surface area contributed by atoms with Crippen LogP contribution in [0.25, 0.3) is 22.1 Å². The molecule has 0 fully saturated rings. The smallest absolute Gasteiger partial charge is 0.269 e. The van der Waals surface area contributed by atoms with Gasteiger partial charge in [0.05, 0.1) is 15.7 Å². The summed E-state index contributed by atoms with van der Waals surface area (Å²) in [6.07, 6.45) is 3.10. The maximum atomic E-state index is 11.3. The van der Waals surface area contributed by atoms with Gasteiger partial charge < -0.3 is 25.2 Å². The summed E-state index contributed by atoms with van der Waals surface area (Å²) >= 11 is 0. The van der Waals surface area contributed by atoms with E-state index in [2.05, 4.69) is 19.9 Å². The summed E-state index contributed by atoms with van der Waals surface area (Å²) < 4.78 is 11.5. The number of fused-ring (bicyclic) bond motifs is 2. The fraction of sp³-hybridized carbons (Fsp3) is 0. The van der Waals surface area contributed by atoms with Gasteiger partial charge in [-0.05, 0) is 60.7 Å². The lowest BCUT2D eigenvalue weighted by Crippen LogP contribution is -2.03. The molecule has 6 rings (SSSR count). The lowest BCUT2D eigenvalue weighted by molar-refractivity contribution is -0.384. The van der Waals surface area contributed by atoms with Crippen LogP contribution >= 0.6 is 0 Å². The molecule has 2 aromatic carbocycles. The molecule has 0 radical (unpaired) electrons. The molecular formula is C28H20N6O6. The molecule has 0 aliphatic rings. The second-order valence-electron chi connectivity index (χ2n) is 8.31. The molecule has 4 aromatic heterocycles. The van der Waals surface area contributed by atoms with Crippen molar-refractivity contribution in [2.75, 3.05) is 5.73 Å². The van der Waals surface area contributed by atoms with Crippen molar-refractivity contribution >= 4 is 33.4 Å². The number of H-pyrrole nitrogens is 2. The lowest BCUT2D eigenvalue weighted by Gasteiger charge is -2.08. The number of nitro benzene ring substituents is 1. The molecule has 12 nitrogen and oxygen atoms in total. The van der Waals surface area contributed by atoms with Crippen molar-refractivity contribution in [1.82, 2.24) is 19.9 Å². The van der Waals surface area contributed by atoms with Crippen LogP contribution in [0.1, 0.15) is 0 Å². The van der Waals surface area contributed by atoms with E-state index in [1.54, 1.807) is 54.7 Å². The Labute approximate surface area is 224 Å². The van der Waals surface area contributed by atoms with Crippen molar-refractivity contribution in [3.05, 3.63) is 128 Å². The van der Waals surface area contributed by atoms with E-state index in [9.17, 15) is 19.7 Å². The molecule has 0 atom stereocenters. The van der Waals surface area contributed by atoms with E-state index in [1.165, 1.54) is 42.6 Å². The number of non-ortho nitro benzene ring substituents is 1. The predicted molar refractivity (Wildman–Crippen MR) is 149 cm³/mol. The van der Waals surface area contributed by atoms with Crippen molar-refractivity contribution in [1.29, 1.82) is 0 Å². The van der Waals surface area contributed by atoms with Crippen molar-refractivity contribution in [2.45, 2.75) is 0 Å². The molecular weight excluding hydrogens is 516 g/mol. The summed E-state index contributed by atoms with van der Waals surface area (Å²) in [4.78, 5) is 46.0. The highest BCUT2D eigenvalue weighted by molar-refractivity contribution is 5.82. The minimum atomic E-state index is -0.476. The number of ether oxygens (including phenoxy) is 2. The molecule has 0 spiro atoms. The first-order chi connectivity index (χ1) is 19.4. The van der Waals surface area contributed by atoms with E-state index in [0.717, 1.165) is 5.39 Å². The first-order valence-corrected chi connectivity index (χ1v) is 11.8. The van der Waals surface area contributed by atoms with Crippen LogP contribution in [0.5, 0.6) is 23.0 Å². The molecule has 4 N–H and O–H groups in total. The van der Waals surface area contributed by atoms with Crippen LogP contribution in [0.15, 0.2) is 107 Å². The third-order valence-electron chi connectivity index (χ3n) is 5.57. The number of nitrogen functional groups attached to an aromatic ring is 1. The SMILES string of the molecule is Nc1ccc(Oc2ccnc3[nH]c(=O)ccc23)cc1.O=c1ccc2c(Oc3ccc([N+](=O)[O-])cc3)ccnc2[nH]1. The maximum Gasteiger partial charge on any atom is 0.269 e. The molecule has 4 heterocycles. The number of benzene rings is 2. The third-order valence-corrected chi connectivity index (χ3v) is 5.57. The average Bonchev–Trinajstić information content (AvgIpc) is 2.95. The van der Waals surface area contributed by atoms with E-state index in [0.29, 0.717) is 45.4 Å². The molecule has 0 bridgehead atoms. The summed E-state index contributed by atoms with van der Waals surface area (Å²) in [7, 11) is 0. The van der Waals surface area contributed by atoms with Gasteiger partial charge in [-0.15, -0.1) is 0 Å². The zero-order valence-electron chi connectivity index (χ0n) is 20.6. The molecule has 0 aliphatic carbocycles. The first-order valence-electron chi connectivity index (χ1n) is 11.8. The highest BCUT2D eigenvalue weighted by Crippen LogP contribution is 2.29. The van der Waals surface area contributed by atoms with Gasteiger partial charge in [0.2, 0.25) is 11.1 Å². The van der Waals surface area contributed by atoms with Gasteiger partial charge in [0.15, 0.2) is 0 Å². The molecule has 40 heavy (non-hydrogen) atoms. The number of aromatic nitrogens is 4. The minimum absolute atomic E-state index is 0.00809. The molecule has 0 amide bonds. The van der Waals surface area contributed by atoms with E-state index < -0.39 is 4.92 Å². The van der Waals surface area contributed by atoms with Crippen molar-refractivity contribution in [2.24, 2.45) is 0 Å². The van der Waals surface area contributed by atoms with E-state index in [1.807, 2.05) is 0 Å². The van der Waals surface area contributed by atoms with E-state index in [-0.39, 0.29) is 16.8 Å². The maximum absolute atomic E-state index is 11.3. The van der Waals surface area contributed by atoms with Crippen LogP contribution in [-0.4, -0.2) is 24.9 Å². The van der Waals surface area contributed by atoms with Gasteiger partial charge in [-0.1, -0.05) is 0 Å². The van der Waals surface area contributed by atoms with Gasteiger partial charge in [0, 0.05) is 42.3 Å². The fourth-order valence-electron chi connectivity index (χ4n) is 3.67. The highest BCUT2D eigenvalue weighted by Gasteiger charge is 2.08. The van der Waals surface area contributed by atoms with Crippen LogP contribution in [0.3, 0.4) is 0 Å². The van der Waals surface area contributed by atoms with E-state index >= 15 is 0 Å². The number of hydrogen-bond donors (Lipinski definition) is 3.